The summed E-state index contributed by atoms with van der Waals surface area (Å²) in [4.78, 5) is 8.40. The molecule has 2 aromatic rings. The van der Waals surface area contributed by atoms with Crippen LogP contribution >= 0.6 is 15.9 Å². The Hall–Kier alpha value is -1.27. The summed E-state index contributed by atoms with van der Waals surface area (Å²) in [5.41, 5.74) is 3.31. The molecule has 0 aliphatic rings. The Balaban J connectivity index is 2.25. The first kappa shape index (κ1) is 16.1. The highest BCUT2D eigenvalue weighted by Crippen LogP contribution is 2.26. The molecular formula is C15H22BrN5. The molecule has 2 aromatic heterocycles. The lowest BCUT2D eigenvalue weighted by molar-refractivity contribution is 0.500. The van der Waals surface area contributed by atoms with Crippen LogP contribution in [0.15, 0.2) is 23.1 Å². The van der Waals surface area contributed by atoms with E-state index < -0.39 is 0 Å². The van der Waals surface area contributed by atoms with Gasteiger partial charge in [0.05, 0.1) is 27.6 Å². The van der Waals surface area contributed by atoms with Crippen molar-refractivity contribution in [2.75, 3.05) is 6.54 Å². The van der Waals surface area contributed by atoms with Gasteiger partial charge in [0.25, 0.3) is 0 Å². The van der Waals surface area contributed by atoms with Crippen LogP contribution in [0.1, 0.15) is 43.4 Å². The third-order valence-corrected chi connectivity index (χ3v) is 4.42. The van der Waals surface area contributed by atoms with E-state index in [0.29, 0.717) is 0 Å². The molecule has 0 amide bonds. The van der Waals surface area contributed by atoms with Gasteiger partial charge in [0.15, 0.2) is 0 Å². The minimum Gasteiger partial charge on any atom is -0.308 e. The predicted molar refractivity (Wildman–Crippen MR) is 87.1 cm³/mol. The van der Waals surface area contributed by atoms with E-state index in [4.69, 9.17) is 0 Å². The van der Waals surface area contributed by atoms with E-state index in [2.05, 4.69) is 50.2 Å². The molecule has 114 valence electrons. The van der Waals surface area contributed by atoms with Crippen molar-refractivity contribution in [3.8, 4) is 0 Å². The van der Waals surface area contributed by atoms with Crippen molar-refractivity contribution in [1.82, 2.24) is 25.1 Å². The monoisotopic (exact) mass is 351 g/mol. The number of halogens is 1. The molecule has 2 rings (SSSR count). The lowest BCUT2D eigenvalue weighted by Crippen LogP contribution is -2.26. The molecular weight excluding hydrogens is 330 g/mol. The fraction of sp³-hybridized carbons (Fsp3) is 0.533. The zero-order valence-corrected chi connectivity index (χ0v) is 14.4. The maximum atomic E-state index is 4.56. The molecule has 2 heterocycles. The molecule has 1 N–H and O–H groups in total. The highest BCUT2D eigenvalue weighted by atomic mass is 79.9. The van der Waals surface area contributed by atoms with Crippen LogP contribution in [0.3, 0.4) is 0 Å². The van der Waals surface area contributed by atoms with Crippen LogP contribution in [0.4, 0.5) is 0 Å². The second-order valence-electron chi connectivity index (χ2n) is 5.03. The maximum Gasteiger partial charge on any atom is 0.115 e. The SMILES string of the molecule is CCCNC(Cc1c(Br)c(CC)nn1C)c1ccncn1. The van der Waals surface area contributed by atoms with Gasteiger partial charge in [-0.05, 0) is 41.4 Å². The van der Waals surface area contributed by atoms with E-state index in [1.807, 2.05) is 17.8 Å². The van der Waals surface area contributed by atoms with Gasteiger partial charge in [-0.3, -0.25) is 4.68 Å². The van der Waals surface area contributed by atoms with Gasteiger partial charge in [-0.2, -0.15) is 5.10 Å². The number of hydrogen-bond donors (Lipinski definition) is 1. The zero-order valence-electron chi connectivity index (χ0n) is 12.8. The highest BCUT2D eigenvalue weighted by Gasteiger charge is 2.19. The van der Waals surface area contributed by atoms with E-state index in [-0.39, 0.29) is 6.04 Å². The van der Waals surface area contributed by atoms with Gasteiger partial charge in [0, 0.05) is 19.7 Å². The fourth-order valence-electron chi connectivity index (χ4n) is 2.34. The van der Waals surface area contributed by atoms with Crippen LogP contribution in [0.2, 0.25) is 0 Å². The number of aromatic nitrogens is 4. The van der Waals surface area contributed by atoms with Gasteiger partial charge >= 0.3 is 0 Å². The summed E-state index contributed by atoms with van der Waals surface area (Å²) in [5, 5.41) is 8.13. The fourth-order valence-corrected chi connectivity index (χ4v) is 3.12. The van der Waals surface area contributed by atoms with Crippen LogP contribution in [0.5, 0.6) is 0 Å². The lowest BCUT2D eigenvalue weighted by Gasteiger charge is -2.18. The summed E-state index contributed by atoms with van der Waals surface area (Å²) < 4.78 is 3.08. The van der Waals surface area contributed by atoms with E-state index in [1.165, 1.54) is 5.69 Å². The number of rotatable bonds is 7. The molecule has 0 saturated heterocycles. The predicted octanol–water partition coefficient (Wildman–Crippen LogP) is 2.82. The third kappa shape index (κ3) is 3.89. The molecule has 6 heteroatoms. The molecule has 0 aliphatic carbocycles. The smallest absolute Gasteiger partial charge is 0.115 e. The third-order valence-electron chi connectivity index (χ3n) is 3.50. The van der Waals surface area contributed by atoms with Gasteiger partial charge in [0.2, 0.25) is 0 Å². The molecule has 0 spiro atoms. The Morgan fingerprint density at radius 3 is 2.76 bits per heavy atom. The first-order valence-corrected chi connectivity index (χ1v) is 8.16. The summed E-state index contributed by atoms with van der Waals surface area (Å²) in [7, 11) is 2.00. The minimum absolute atomic E-state index is 0.171. The van der Waals surface area contributed by atoms with E-state index >= 15 is 0 Å². The molecule has 5 nitrogen and oxygen atoms in total. The maximum absolute atomic E-state index is 4.56. The Labute approximate surface area is 134 Å². The Morgan fingerprint density at radius 1 is 1.38 bits per heavy atom. The molecule has 0 aromatic carbocycles. The normalized spacial score (nSPS) is 12.6. The highest BCUT2D eigenvalue weighted by molar-refractivity contribution is 9.10. The van der Waals surface area contributed by atoms with Crippen LogP contribution in [-0.2, 0) is 19.9 Å². The Kier molecular flexibility index (Phi) is 5.87. The molecule has 0 bridgehead atoms. The molecule has 1 unspecified atom stereocenters. The van der Waals surface area contributed by atoms with Crippen LogP contribution < -0.4 is 5.32 Å². The Morgan fingerprint density at radius 2 is 2.19 bits per heavy atom. The summed E-state index contributed by atoms with van der Waals surface area (Å²) in [6.45, 7) is 5.25. The van der Waals surface area contributed by atoms with Gasteiger partial charge < -0.3 is 5.32 Å². The first-order valence-electron chi connectivity index (χ1n) is 7.36. The number of nitrogens with one attached hydrogen (secondary N) is 1. The van der Waals surface area contributed by atoms with Crippen molar-refractivity contribution >= 4 is 15.9 Å². The van der Waals surface area contributed by atoms with Crippen molar-refractivity contribution in [2.24, 2.45) is 7.05 Å². The topological polar surface area (TPSA) is 55.6 Å². The second-order valence-corrected chi connectivity index (χ2v) is 5.82. The zero-order chi connectivity index (χ0) is 15.2. The van der Waals surface area contributed by atoms with Crippen molar-refractivity contribution in [1.29, 1.82) is 0 Å². The van der Waals surface area contributed by atoms with Crippen molar-refractivity contribution < 1.29 is 0 Å². The average Bonchev–Trinajstić information content (AvgIpc) is 2.79. The summed E-state index contributed by atoms with van der Waals surface area (Å²) in [6.07, 6.45) is 6.26. The number of nitrogens with zero attached hydrogens (tertiary/aromatic N) is 4. The number of hydrogen-bond acceptors (Lipinski definition) is 4. The molecule has 0 saturated carbocycles. The van der Waals surface area contributed by atoms with Gasteiger partial charge in [-0.15, -0.1) is 0 Å². The largest absolute Gasteiger partial charge is 0.308 e. The van der Waals surface area contributed by atoms with Gasteiger partial charge in [0.1, 0.15) is 6.33 Å². The van der Waals surface area contributed by atoms with Crippen LogP contribution in [0, 0.1) is 0 Å². The first-order chi connectivity index (χ1) is 10.2. The molecule has 0 fully saturated rings. The average molecular weight is 352 g/mol. The van der Waals surface area contributed by atoms with E-state index in [0.717, 1.165) is 41.7 Å². The number of aryl methyl sites for hydroxylation is 2. The molecule has 0 radical (unpaired) electrons. The molecule has 1 atom stereocenters. The lowest BCUT2D eigenvalue weighted by atomic mass is 10.1. The minimum atomic E-state index is 0.171. The van der Waals surface area contributed by atoms with Crippen molar-refractivity contribution in [3.63, 3.8) is 0 Å². The second kappa shape index (κ2) is 7.66. The van der Waals surface area contributed by atoms with Crippen molar-refractivity contribution in [3.05, 3.63) is 40.1 Å². The quantitative estimate of drug-likeness (QED) is 0.833. The Bertz CT molecular complexity index is 567. The van der Waals surface area contributed by atoms with Crippen LogP contribution in [0.25, 0.3) is 0 Å². The standard InChI is InChI=1S/C15H22BrN5/c1-4-7-18-13(12-6-8-17-10-19-12)9-14-15(16)11(5-2)20-21(14)3/h6,8,10,13,18H,4-5,7,9H2,1-3H3. The summed E-state index contributed by atoms with van der Waals surface area (Å²) >= 11 is 3.69. The van der Waals surface area contributed by atoms with E-state index in [1.54, 1.807) is 12.5 Å². The van der Waals surface area contributed by atoms with Gasteiger partial charge in [-0.25, -0.2) is 9.97 Å². The van der Waals surface area contributed by atoms with Gasteiger partial charge in [-0.1, -0.05) is 13.8 Å². The summed E-state index contributed by atoms with van der Waals surface area (Å²) in [6, 6.07) is 2.14. The summed E-state index contributed by atoms with van der Waals surface area (Å²) in [5.74, 6) is 0. The molecule has 21 heavy (non-hydrogen) atoms. The van der Waals surface area contributed by atoms with Crippen LogP contribution in [-0.4, -0.2) is 26.3 Å². The van der Waals surface area contributed by atoms with E-state index in [9.17, 15) is 0 Å². The molecule has 0 aliphatic heterocycles. The van der Waals surface area contributed by atoms with Crippen molar-refractivity contribution in [2.45, 2.75) is 39.2 Å².